The number of hydrogen-bond donors (Lipinski definition) is 2. The minimum absolute atomic E-state index is 0.139. The lowest BCUT2D eigenvalue weighted by Crippen LogP contribution is -2.29. The largest absolute Gasteiger partial charge is 0.410 e. The van der Waals surface area contributed by atoms with E-state index in [1.54, 1.807) is 24.3 Å². The summed E-state index contributed by atoms with van der Waals surface area (Å²) in [6.07, 6.45) is 3.35. The van der Waals surface area contributed by atoms with Crippen LogP contribution >= 0.6 is 15.9 Å². The fraction of sp³-hybridized carbons (Fsp3) is 0.143. The molecular weight excluding hydrogens is 325 g/mol. The van der Waals surface area contributed by atoms with Gasteiger partial charge in [0.25, 0.3) is 0 Å². The maximum absolute atomic E-state index is 12.9. The standard InChI is InChI=1S/C14H13BrFN3O/c1-19(8-9-2-4-11(16)5-3-9)13-7-10(15)6-12(18-20)14(13)17/h2-7,17,20H,8H2,1H3/b17-14?,18-12-. The topological polar surface area (TPSA) is 59.7 Å². The maximum Gasteiger partial charge on any atom is 0.130 e. The lowest BCUT2D eigenvalue weighted by atomic mass is 10.0. The van der Waals surface area contributed by atoms with Gasteiger partial charge in [0.2, 0.25) is 0 Å². The highest BCUT2D eigenvalue weighted by Gasteiger charge is 2.20. The fourth-order valence-electron chi connectivity index (χ4n) is 1.91. The zero-order valence-corrected chi connectivity index (χ0v) is 12.4. The van der Waals surface area contributed by atoms with Crippen molar-refractivity contribution in [3.8, 4) is 0 Å². The van der Waals surface area contributed by atoms with E-state index in [-0.39, 0.29) is 17.2 Å². The van der Waals surface area contributed by atoms with Gasteiger partial charge in [0.1, 0.15) is 17.2 Å². The highest BCUT2D eigenvalue weighted by molar-refractivity contribution is 9.11. The molecule has 0 aliphatic heterocycles. The van der Waals surface area contributed by atoms with Crippen LogP contribution in [0.25, 0.3) is 0 Å². The summed E-state index contributed by atoms with van der Waals surface area (Å²) in [5, 5.41) is 20.0. The monoisotopic (exact) mass is 337 g/mol. The fourth-order valence-corrected chi connectivity index (χ4v) is 2.34. The number of nitrogens with one attached hydrogen (secondary N) is 1. The van der Waals surface area contributed by atoms with Gasteiger partial charge in [-0.15, -0.1) is 0 Å². The van der Waals surface area contributed by atoms with Gasteiger partial charge in [0, 0.05) is 18.1 Å². The first-order valence-electron chi connectivity index (χ1n) is 5.87. The predicted octanol–water partition coefficient (Wildman–Crippen LogP) is 3.28. The number of rotatable bonds is 3. The highest BCUT2D eigenvalue weighted by atomic mass is 79.9. The third-order valence-electron chi connectivity index (χ3n) is 2.91. The Labute approximate surface area is 124 Å². The molecule has 0 aromatic heterocycles. The molecule has 2 N–H and O–H groups in total. The van der Waals surface area contributed by atoms with Gasteiger partial charge in [-0.1, -0.05) is 33.2 Å². The second kappa shape index (κ2) is 6.00. The Bertz CT molecular complexity index is 620. The molecule has 0 fully saturated rings. The number of halogens is 2. The van der Waals surface area contributed by atoms with Crippen molar-refractivity contribution in [3.05, 3.63) is 58.0 Å². The van der Waals surface area contributed by atoms with Crippen molar-refractivity contribution in [3.63, 3.8) is 0 Å². The molecule has 2 rings (SSSR count). The minimum Gasteiger partial charge on any atom is -0.410 e. The lowest BCUT2D eigenvalue weighted by Gasteiger charge is -2.25. The first-order chi connectivity index (χ1) is 9.51. The second-order valence-corrected chi connectivity index (χ2v) is 5.32. The van der Waals surface area contributed by atoms with Crippen molar-refractivity contribution in [2.45, 2.75) is 6.54 Å². The molecule has 1 aliphatic rings. The SMILES string of the molecule is CN(Cc1ccc(F)cc1)C1=CC(Br)=C/C(=N/O)C1=N. The molecule has 0 saturated heterocycles. The van der Waals surface area contributed by atoms with E-state index in [0.29, 0.717) is 12.2 Å². The maximum atomic E-state index is 12.9. The van der Waals surface area contributed by atoms with Crippen LogP contribution in [0.1, 0.15) is 5.56 Å². The Morgan fingerprint density at radius 3 is 2.55 bits per heavy atom. The average molecular weight is 338 g/mol. The molecule has 6 heteroatoms. The van der Waals surface area contributed by atoms with Gasteiger partial charge < -0.3 is 10.1 Å². The van der Waals surface area contributed by atoms with Gasteiger partial charge in [-0.05, 0) is 29.8 Å². The van der Waals surface area contributed by atoms with Crippen LogP contribution in [-0.2, 0) is 6.54 Å². The molecule has 0 radical (unpaired) electrons. The Morgan fingerprint density at radius 1 is 1.30 bits per heavy atom. The first-order valence-corrected chi connectivity index (χ1v) is 6.66. The van der Waals surface area contributed by atoms with Crippen LogP contribution in [0.5, 0.6) is 0 Å². The third-order valence-corrected chi connectivity index (χ3v) is 3.37. The summed E-state index contributed by atoms with van der Waals surface area (Å²) in [6, 6.07) is 6.20. The van der Waals surface area contributed by atoms with Crippen molar-refractivity contribution >= 4 is 27.4 Å². The Kier molecular flexibility index (Phi) is 4.34. The quantitative estimate of drug-likeness (QED) is 0.505. The van der Waals surface area contributed by atoms with Crippen LogP contribution in [0.15, 0.2) is 51.8 Å². The summed E-state index contributed by atoms with van der Waals surface area (Å²) < 4.78 is 13.6. The molecule has 0 unspecified atom stereocenters. The van der Waals surface area contributed by atoms with E-state index in [1.807, 2.05) is 11.9 Å². The molecule has 20 heavy (non-hydrogen) atoms. The van der Waals surface area contributed by atoms with Crippen molar-refractivity contribution in [2.75, 3.05) is 7.05 Å². The number of oxime groups is 1. The number of benzene rings is 1. The van der Waals surface area contributed by atoms with E-state index in [4.69, 9.17) is 10.6 Å². The normalized spacial score (nSPS) is 16.9. The molecule has 0 atom stereocenters. The molecule has 0 saturated carbocycles. The molecule has 0 amide bonds. The third kappa shape index (κ3) is 3.14. The molecule has 104 valence electrons. The smallest absolute Gasteiger partial charge is 0.130 e. The van der Waals surface area contributed by atoms with E-state index < -0.39 is 0 Å². The van der Waals surface area contributed by atoms with Crippen molar-refractivity contribution in [2.24, 2.45) is 5.16 Å². The van der Waals surface area contributed by atoms with Gasteiger partial charge in [-0.3, -0.25) is 5.41 Å². The summed E-state index contributed by atoms with van der Waals surface area (Å²) in [5.41, 5.74) is 1.88. The van der Waals surface area contributed by atoms with Crippen LogP contribution in [0.2, 0.25) is 0 Å². The Hall–Kier alpha value is -1.95. The molecule has 0 bridgehead atoms. The predicted molar refractivity (Wildman–Crippen MR) is 79.9 cm³/mol. The molecule has 0 spiro atoms. The number of nitrogens with zero attached hydrogens (tertiary/aromatic N) is 2. The zero-order chi connectivity index (χ0) is 14.7. The van der Waals surface area contributed by atoms with E-state index in [1.165, 1.54) is 12.1 Å². The van der Waals surface area contributed by atoms with Crippen LogP contribution in [0, 0.1) is 11.2 Å². The lowest BCUT2D eigenvalue weighted by molar-refractivity contribution is 0.320. The van der Waals surface area contributed by atoms with Crippen molar-refractivity contribution in [1.29, 1.82) is 5.41 Å². The van der Waals surface area contributed by atoms with Gasteiger partial charge in [-0.2, -0.15) is 0 Å². The van der Waals surface area contributed by atoms with Gasteiger partial charge >= 0.3 is 0 Å². The first kappa shape index (κ1) is 14.5. The molecule has 4 nitrogen and oxygen atoms in total. The Balaban J connectivity index is 2.20. The van der Waals surface area contributed by atoms with E-state index >= 15 is 0 Å². The van der Waals surface area contributed by atoms with Crippen molar-refractivity contribution in [1.82, 2.24) is 4.90 Å². The van der Waals surface area contributed by atoms with Crippen LogP contribution in [0.3, 0.4) is 0 Å². The molecule has 1 aliphatic carbocycles. The van der Waals surface area contributed by atoms with E-state index in [9.17, 15) is 4.39 Å². The molecular formula is C14H13BrFN3O. The molecule has 1 aromatic rings. The summed E-state index contributed by atoms with van der Waals surface area (Å²) in [6.45, 7) is 0.521. The summed E-state index contributed by atoms with van der Waals surface area (Å²) in [4.78, 5) is 1.84. The number of allylic oxidation sites excluding steroid dienone is 4. The summed E-state index contributed by atoms with van der Waals surface area (Å²) in [7, 11) is 1.82. The van der Waals surface area contributed by atoms with Crippen LogP contribution in [-0.4, -0.2) is 28.6 Å². The second-order valence-electron chi connectivity index (χ2n) is 4.40. The van der Waals surface area contributed by atoms with E-state index in [2.05, 4.69) is 21.1 Å². The molecule has 0 heterocycles. The van der Waals surface area contributed by atoms with E-state index in [0.717, 1.165) is 10.0 Å². The highest BCUT2D eigenvalue weighted by Crippen LogP contribution is 2.21. The van der Waals surface area contributed by atoms with Gasteiger partial charge in [0.15, 0.2) is 0 Å². The minimum atomic E-state index is -0.276. The van der Waals surface area contributed by atoms with Gasteiger partial charge in [0.05, 0.1) is 5.70 Å². The Morgan fingerprint density at radius 2 is 1.95 bits per heavy atom. The average Bonchev–Trinajstić information content (AvgIpc) is 2.43. The summed E-state index contributed by atoms with van der Waals surface area (Å²) in [5.74, 6) is -0.276. The molecule has 1 aromatic carbocycles. The van der Waals surface area contributed by atoms with Crippen LogP contribution < -0.4 is 0 Å². The zero-order valence-electron chi connectivity index (χ0n) is 10.8. The van der Waals surface area contributed by atoms with Crippen LogP contribution in [0.4, 0.5) is 4.39 Å². The van der Waals surface area contributed by atoms with Gasteiger partial charge in [-0.25, -0.2) is 4.39 Å². The van der Waals surface area contributed by atoms with Crippen molar-refractivity contribution < 1.29 is 9.60 Å². The summed E-state index contributed by atoms with van der Waals surface area (Å²) >= 11 is 3.32. The number of hydrogen-bond acceptors (Lipinski definition) is 4.